The first kappa shape index (κ1) is 17.0. The predicted molar refractivity (Wildman–Crippen MR) is 97.1 cm³/mol. The summed E-state index contributed by atoms with van der Waals surface area (Å²) in [5, 5.41) is 5.45. The Morgan fingerprint density at radius 1 is 1.00 bits per heavy atom. The Hall–Kier alpha value is -2.86. The van der Waals surface area contributed by atoms with Gasteiger partial charge in [-0.25, -0.2) is 4.98 Å². The van der Waals surface area contributed by atoms with Crippen LogP contribution in [-0.4, -0.2) is 17.9 Å². The highest BCUT2D eigenvalue weighted by atomic mass is 32.1. The molecular formula is C19H18N2O3S. The highest BCUT2D eigenvalue weighted by Gasteiger charge is 2.06. The molecule has 0 unspecified atom stereocenters. The molecule has 1 N–H and O–H groups in total. The minimum Gasteiger partial charge on any atom is -0.487 e. The summed E-state index contributed by atoms with van der Waals surface area (Å²) in [6, 6.07) is 16.7. The molecule has 3 rings (SSSR count). The number of benzene rings is 2. The number of ether oxygens (including phenoxy) is 2. The average molecular weight is 354 g/mol. The number of nitrogens with one attached hydrogen (secondary N) is 1. The zero-order valence-electron chi connectivity index (χ0n) is 13.8. The first-order valence-corrected chi connectivity index (χ1v) is 8.68. The van der Waals surface area contributed by atoms with Gasteiger partial charge < -0.3 is 14.8 Å². The number of carbonyl (C=O) groups is 1. The Kier molecular flexibility index (Phi) is 5.64. The van der Waals surface area contributed by atoms with Gasteiger partial charge in [0.25, 0.3) is 5.91 Å². The van der Waals surface area contributed by atoms with Crippen LogP contribution in [0.2, 0.25) is 0 Å². The number of rotatable bonds is 7. The van der Waals surface area contributed by atoms with E-state index < -0.39 is 0 Å². The molecular weight excluding hydrogens is 336 g/mol. The van der Waals surface area contributed by atoms with E-state index in [1.807, 2.05) is 35.7 Å². The first-order valence-electron chi connectivity index (χ1n) is 7.80. The van der Waals surface area contributed by atoms with Gasteiger partial charge in [-0.3, -0.25) is 4.79 Å². The molecule has 0 radical (unpaired) electrons. The fourth-order valence-electron chi connectivity index (χ4n) is 2.15. The molecule has 128 valence electrons. The van der Waals surface area contributed by atoms with Gasteiger partial charge in [-0.2, -0.15) is 0 Å². The maximum atomic E-state index is 11.5. The van der Waals surface area contributed by atoms with E-state index in [-0.39, 0.29) is 5.91 Å². The molecule has 0 atom stereocenters. The van der Waals surface area contributed by atoms with Crippen LogP contribution < -0.4 is 14.8 Å². The Morgan fingerprint density at radius 2 is 1.68 bits per heavy atom. The zero-order chi connectivity index (χ0) is 17.5. The topological polar surface area (TPSA) is 60.5 Å². The second kappa shape index (κ2) is 8.30. The van der Waals surface area contributed by atoms with Crippen molar-refractivity contribution in [1.82, 2.24) is 10.3 Å². The summed E-state index contributed by atoms with van der Waals surface area (Å²) in [7, 11) is 1.61. The molecule has 3 aromatic rings. The van der Waals surface area contributed by atoms with Crippen LogP contribution in [0.5, 0.6) is 11.5 Å². The second-order valence-corrected chi connectivity index (χ2v) is 6.17. The van der Waals surface area contributed by atoms with Gasteiger partial charge in [-0.15, -0.1) is 11.3 Å². The summed E-state index contributed by atoms with van der Waals surface area (Å²) < 4.78 is 11.4. The van der Waals surface area contributed by atoms with Gasteiger partial charge in [-0.1, -0.05) is 18.2 Å². The normalized spacial score (nSPS) is 10.3. The van der Waals surface area contributed by atoms with Crippen LogP contribution in [0, 0.1) is 0 Å². The van der Waals surface area contributed by atoms with Crippen LogP contribution in [0.3, 0.4) is 0 Å². The number of aromatic nitrogens is 1. The van der Waals surface area contributed by atoms with Crippen LogP contribution >= 0.6 is 11.3 Å². The predicted octanol–water partition coefficient (Wildman–Crippen LogP) is 3.66. The third kappa shape index (κ3) is 4.81. The van der Waals surface area contributed by atoms with Crippen molar-refractivity contribution in [3.63, 3.8) is 0 Å². The minimum absolute atomic E-state index is 0.117. The molecule has 0 aliphatic heterocycles. The number of hydrogen-bond donors (Lipinski definition) is 1. The van der Waals surface area contributed by atoms with Crippen LogP contribution in [0.15, 0.2) is 60.0 Å². The van der Waals surface area contributed by atoms with E-state index >= 15 is 0 Å². The second-order valence-electron chi connectivity index (χ2n) is 5.23. The van der Waals surface area contributed by atoms with Crippen molar-refractivity contribution in [2.24, 2.45) is 0 Å². The van der Waals surface area contributed by atoms with Crippen molar-refractivity contribution in [3.05, 3.63) is 76.2 Å². The minimum atomic E-state index is -0.117. The molecule has 0 bridgehead atoms. The summed E-state index contributed by atoms with van der Waals surface area (Å²) in [6.45, 7) is 0.816. The molecule has 1 aromatic heterocycles. The van der Waals surface area contributed by atoms with E-state index in [1.165, 1.54) is 0 Å². The van der Waals surface area contributed by atoms with E-state index in [9.17, 15) is 4.79 Å². The Morgan fingerprint density at radius 3 is 2.40 bits per heavy atom. The van der Waals surface area contributed by atoms with Gasteiger partial charge in [0, 0.05) is 18.0 Å². The number of amides is 1. The fraction of sp³-hybridized carbons (Fsp3) is 0.158. The average Bonchev–Trinajstić information content (AvgIpc) is 3.13. The SMILES string of the molecule is CNC(=O)c1ccc(OCc2csc(COc3ccccc3)n2)cc1. The third-order valence-electron chi connectivity index (χ3n) is 3.44. The van der Waals surface area contributed by atoms with Gasteiger partial charge in [0.05, 0.1) is 5.69 Å². The van der Waals surface area contributed by atoms with Crippen molar-refractivity contribution < 1.29 is 14.3 Å². The molecule has 0 fully saturated rings. The molecule has 0 aliphatic carbocycles. The van der Waals surface area contributed by atoms with E-state index in [1.54, 1.807) is 42.6 Å². The van der Waals surface area contributed by atoms with E-state index in [2.05, 4.69) is 10.3 Å². The smallest absolute Gasteiger partial charge is 0.251 e. The molecule has 6 heteroatoms. The van der Waals surface area contributed by atoms with Crippen LogP contribution in [-0.2, 0) is 13.2 Å². The zero-order valence-corrected chi connectivity index (χ0v) is 14.6. The van der Waals surface area contributed by atoms with Gasteiger partial charge >= 0.3 is 0 Å². The summed E-state index contributed by atoms with van der Waals surface area (Å²) in [5.41, 5.74) is 1.45. The number of thiazole rings is 1. The lowest BCUT2D eigenvalue weighted by Gasteiger charge is -2.05. The van der Waals surface area contributed by atoms with Gasteiger partial charge in [0.1, 0.15) is 29.7 Å². The molecule has 0 spiro atoms. The standard InChI is InChI=1S/C19H18N2O3S/c1-20-19(22)14-7-9-17(10-8-14)23-11-15-13-25-18(21-15)12-24-16-5-3-2-4-6-16/h2-10,13H,11-12H2,1H3,(H,20,22). The number of hydrogen-bond acceptors (Lipinski definition) is 5. The van der Waals surface area contributed by atoms with Crippen molar-refractivity contribution in [2.45, 2.75) is 13.2 Å². The molecule has 0 saturated heterocycles. The van der Waals surface area contributed by atoms with Crippen LogP contribution in [0.1, 0.15) is 21.1 Å². The molecule has 0 aliphatic rings. The third-order valence-corrected chi connectivity index (χ3v) is 4.31. The van der Waals surface area contributed by atoms with Gasteiger partial charge in [0.15, 0.2) is 0 Å². The summed E-state index contributed by atoms with van der Waals surface area (Å²) in [4.78, 5) is 16.0. The highest BCUT2D eigenvalue weighted by molar-refractivity contribution is 7.09. The number of para-hydroxylation sites is 1. The van der Waals surface area contributed by atoms with Crippen molar-refractivity contribution >= 4 is 17.2 Å². The quantitative estimate of drug-likeness (QED) is 0.703. The van der Waals surface area contributed by atoms with Crippen LogP contribution in [0.25, 0.3) is 0 Å². The first-order chi connectivity index (χ1) is 12.2. The lowest BCUT2D eigenvalue weighted by Crippen LogP contribution is -2.17. The number of nitrogens with zero attached hydrogens (tertiary/aromatic N) is 1. The summed E-state index contributed by atoms with van der Waals surface area (Å²) >= 11 is 1.54. The monoisotopic (exact) mass is 354 g/mol. The number of carbonyl (C=O) groups excluding carboxylic acids is 1. The molecule has 2 aromatic carbocycles. The highest BCUT2D eigenvalue weighted by Crippen LogP contribution is 2.17. The lowest BCUT2D eigenvalue weighted by molar-refractivity contribution is 0.0963. The largest absolute Gasteiger partial charge is 0.487 e. The molecule has 1 heterocycles. The Labute approximate surface area is 150 Å². The molecule has 0 saturated carbocycles. The summed E-state index contributed by atoms with van der Waals surface area (Å²) in [5.74, 6) is 1.41. The summed E-state index contributed by atoms with van der Waals surface area (Å²) in [6.07, 6.45) is 0. The van der Waals surface area contributed by atoms with Crippen LogP contribution in [0.4, 0.5) is 0 Å². The van der Waals surface area contributed by atoms with Crippen molar-refractivity contribution in [1.29, 1.82) is 0 Å². The van der Waals surface area contributed by atoms with Gasteiger partial charge in [-0.05, 0) is 36.4 Å². The molecule has 1 amide bonds. The van der Waals surface area contributed by atoms with E-state index in [4.69, 9.17) is 9.47 Å². The van der Waals surface area contributed by atoms with Gasteiger partial charge in [0.2, 0.25) is 0 Å². The maximum Gasteiger partial charge on any atom is 0.251 e. The van der Waals surface area contributed by atoms with Crippen molar-refractivity contribution in [3.8, 4) is 11.5 Å². The molecule has 25 heavy (non-hydrogen) atoms. The Balaban J connectivity index is 1.50. The van der Waals surface area contributed by atoms with E-state index in [0.717, 1.165) is 16.5 Å². The van der Waals surface area contributed by atoms with E-state index in [0.29, 0.717) is 24.5 Å². The lowest BCUT2D eigenvalue weighted by atomic mass is 10.2. The fourth-order valence-corrected chi connectivity index (χ4v) is 2.84. The molecule has 5 nitrogen and oxygen atoms in total. The maximum absolute atomic E-state index is 11.5. The Bertz CT molecular complexity index is 816. The van der Waals surface area contributed by atoms with Crippen molar-refractivity contribution in [2.75, 3.05) is 7.05 Å².